The van der Waals surface area contributed by atoms with Crippen molar-refractivity contribution in [3.63, 3.8) is 0 Å². The molecule has 0 radical (unpaired) electrons. The summed E-state index contributed by atoms with van der Waals surface area (Å²) in [6.45, 7) is 7.66. The molecule has 0 bridgehead atoms. The first-order valence-corrected chi connectivity index (χ1v) is 10.1. The normalized spacial score (nSPS) is 16.4. The second-order valence-corrected chi connectivity index (χ2v) is 7.24. The Bertz CT molecular complexity index is 682. The van der Waals surface area contributed by atoms with Crippen LogP contribution in [0.25, 0.3) is 0 Å². The van der Waals surface area contributed by atoms with E-state index in [2.05, 4.69) is 34.5 Å². The maximum absolute atomic E-state index is 10.3. The van der Waals surface area contributed by atoms with Gasteiger partial charge in [-0.15, -0.1) is 0 Å². The van der Waals surface area contributed by atoms with Crippen LogP contribution in [0.4, 0.5) is 0 Å². The van der Waals surface area contributed by atoms with Gasteiger partial charge in [-0.05, 0) is 38.9 Å². The van der Waals surface area contributed by atoms with Crippen LogP contribution in [-0.2, 0) is 19.6 Å². The number of hydrogen-bond acceptors (Lipinski definition) is 5. The van der Waals surface area contributed by atoms with Gasteiger partial charge in [0.2, 0.25) is 0 Å². The molecule has 148 valence electrons. The Balaban J connectivity index is 1.45. The molecule has 1 fully saturated rings. The Kier molecular flexibility index (Phi) is 7.68. The number of nitrogens with zero attached hydrogens (tertiary/aromatic N) is 3. The summed E-state index contributed by atoms with van der Waals surface area (Å²) < 4.78 is 7.86. The number of aliphatic hydroxyl groups excluding tert-OH is 1. The topological polar surface area (TPSA) is 62.6 Å². The minimum Gasteiger partial charge on any atom is -0.491 e. The molecule has 1 aliphatic heterocycles. The van der Waals surface area contributed by atoms with E-state index in [1.807, 2.05) is 29.1 Å². The summed E-state index contributed by atoms with van der Waals surface area (Å²) in [5.41, 5.74) is 2.28. The maximum Gasteiger partial charge on any atom is 0.123 e. The van der Waals surface area contributed by atoms with Gasteiger partial charge in [-0.1, -0.05) is 24.6 Å². The molecule has 6 heteroatoms. The van der Waals surface area contributed by atoms with E-state index in [-0.39, 0.29) is 0 Å². The fourth-order valence-electron chi connectivity index (χ4n) is 3.48. The molecule has 1 aliphatic rings. The van der Waals surface area contributed by atoms with Gasteiger partial charge in [0.25, 0.3) is 0 Å². The molecule has 0 aliphatic carbocycles. The van der Waals surface area contributed by atoms with E-state index >= 15 is 0 Å². The minimum atomic E-state index is -0.455. The number of ether oxygens (including phenoxy) is 1. The molecule has 3 rings (SSSR count). The number of β-amino-alcohol motifs (C(OH)–C–C–N with tert-alkyl or cyclic N) is 1. The molecule has 1 atom stereocenters. The van der Waals surface area contributed by atoms with E-state index in [9.17, 15) is 5.11 Å². The molecule has 27 heavy (non-hydrogen) atoms. The van der Waals surface area contributed by atoms with Gasteiger partial charge in [-0.25, -0.2) is 0 Å². The van der Waals surface area contributed by atoms with Crippen molar-refractivity contribution in [2.75, 3.05) is 26.2 Å². The second-order valence-electron chi connectivity index (χ2n) is 7.24. The number of para-hydroxylation sites is 1. The van der Waals surface area contributed by atoms with Gasteiger partial charge in [-0.2, -0.15) is 5.10 Å². The van der Waals surface area contributed by atoms with Crippen LogP contribution in [0.1, 0.15) is 37.3 Å². The molecule has 1 aromatic carbocycles. The molecule has 2 aromatic rings. The van der Waals surface area contributed by atoms with Crippen molar-refractivity contribution in [2.24, 2.45) is 0 Å². The molecule has 0 saturated carbocycles. The van der Waals surface area contributed by atoms with Crippen molar-refractivity contribution in [3.8, 4) is 5.75 Å². The Morgan fingerprint density at radius 2 is 2.00 bits per heavy atom. The van der Waals surface area contributed by atoms with Crippen LogP contribution in [0.3, 0.4) is 0 Å². The highest BCUT2D eigenvalue weighted by Crippen LogP contribution is 2.18. The van der Waals surface area contributed by atoms with Gasteiger partial charge in [0.1, 0.15) is 18.5 Å². The average molecular weight is 373 g/mol. The number of likely N-dealkylation sites (tertiary alicyclic amines) is 1. The predicted molar refractivity (Wildman–Crippen MR) is 107 cm³/mol. The van der Waals surface area contributed by atoms with Crippen LogP contribution >= 0.6 is 0 Å². The summed E-state index contributed by atoms with van der Waals surface area (Å²) in [6.07, 6.45) is 7.28. The Morgan fingerprint density at radius 3 is 2.78 bits per heavy atom. The standard InChI is InChI=1S/C21H32N4O2/c1-2-25-15-18(13-23-25)12-22-14-19-8-4-5-9-21(19)27-17-20(26)16-24-10-6-3-7-11-24/h4-5,8-9,13,15,20,22,26H,2-3,6-7,10-12,14,16-17H2,1H3. The van der Waals surface area contributed by atoms with Gasteiger partial charge < -0.3 is 20.1 Å². The number of aryl methyl sites for hydroxylation is 1. The molecule has 0 spiro atoms. The highest BCUT2D eigenvalue weighted by atomic mass is 16.5. The summed E-state index contributed by atoms with van der Waals surface area (Å²) in [4.78, 5) is 2.33. The minimum absolute atomic E-state index is 0.330. The van der Waals surface area contributed by atoms with E-state index in [0.717, 1.165) is 44.0 Å². The van der Waals surface area contributed by atoms with Crippen LogP contribution in [0, 0.1) is 0 Å². The summed E-state index contributed by atoms with van der Waals surface area (Å²) >= 11 is 0. The zero-order valence-corrected chi connectivity index (χ0v) is 16.3. The number of hydrogen-bond donors (Lipinski definition) is 2. The molecule has 6 nitrogen and oxygen atoms in total. The van der Waals surface area contributed by atoms with Crippen LogP contribution in [0.15, 0.2) is 36.7 Å². The first kappa shape index (κ1) is 19.9. The fourth-order valence-corrected chi connectivity index (χ4v) is 3.48. The number of nitrogens with one attached hydrogen (secondary N) is 1. The SMILES string of the molecule is CCn1cc(CNCc2ccccc2OCC(O)CN2CCCCC2)cn1. The Hall–Kier alpha value is -1.89. The van der Waals surface area contributed by atoms with E-state index in [1.54, 1.807) is 0 Å². The highest BCUT2D eigenvalue weighted by molar-refractivity contribution is 5.33. The summed E-state index contributed by atoms with van der Waals surface area (Å²) in [6, 6.07) is 8.03. The molecule has 1 unspecified atom stereocenters. The lowest BCUT2D eigenvalue weighted by Gasteiger charge is -2.28. The number of aliphatic hydroxyl groups is 1. The highest BCUT2D eigenvalue weighted by Gasteiger charge is 2.15. The van der Waals surface area contributed by atoms with Crippen molar-refractivity contribution in [2.45, 2.75) is 51.9 Å². The van der Waals surface area contributed by atoms with Gasteiger partial charge in [0.05, 0.1) is 6.20 Å². The van der Waals surface area contributed by atoms with Crippen LogP contribution in [0.2, 0.25) is 0 Å². The fraction of sp³-hybridized carbons (Fsp3) is 0.571. The summed E-state index contributed by atoms with van der Waals surface area (Å²) in [5.74, 6) is 0.840. The largest absolute Gasteiger partial charge is 0.491 e. The molecule has 1 aromatic heterocycles. The third-order valence-electron chi connectivity index (χ3n) is 4.98. The number of rotatable bonds is 10. The van der Waals surface area contributed by atoms with Crippen LogP contribution in [-0.4, -0.2) is 52.1 Å². The van der Waals surface area contributed by atoms with Gasteiger partial charge in [0, 0.05) is 43.5 Å². The van der Waals surface area contributed by atoms with E-state index in [0.29, 0.717) is 13.2 Å². The summed E-state index contributed by atoms with van der Waals surface area (Å²) in [5, 5.41) is 18.1. The molecular weight excluding hydrogens is 340 g/mol. The predicted octanol–water partition coefficient (Wildman–Crippen LogP) is 2.42. The second kappa shape index (κ2) is 10.4. The Labute approximate surface area is 162 Å². The van der Waals surface area contributed by atoms with Crippen molar-refractivity contribution >= 4 is 0 Å². The first-order valence-electron chi connectivity index (χ1n) is 10.1. The van der Waals surface area contributed by atoms with E-state index in [1.165, 1.54) is 24.8 Å². The lowest BCUT2D eigenvalue weighted by molar-refractivity contribution is 0.0614. The zero-order valence-electron chi connectivity index (χ0n) is 16.3. The first-order chi connectivity index (χ1) is 13.2. The molecule has 0 amide bonds. The van der Waals surface area contributed by atoms with Crippen LogP contribution < -0.4 is 10.1 Å². The average Bonchev–Trinajstić information content (AvgIpc) is 3.16. The maximum atomic E-state index is 10.3. The lowest BCUT2D eigenvalue weighted by Crippen LogP contribution is -2.38. The summed E-state index contributed by atoms with van der Waals surface area (Å²) in [7, 11) is 0. The molecular formula is C21H32N4O2. The molecule has 2 heterocycles. The van der Waals surface area contributed by atoms with E-state index in [4.69, 9.17) is 4.74 Å². The van der Waals surface area contributed by atoms with Gasteiger partial charge in [0.15, 0.2) is 0 Å². The monoisotopic (exact) mass is 372 g/mol. The molecule has 1 saturated heterocycles. The third kappa shape index (κ3) is 6.34. The zero-order chi connectivity index (χ0) is 18.9. The van der Waals surface area contributed by atoms with Gasteiger partial charge in [-0.3, -0.25) is 4.68 Å². The lowest BCUT2D eigenvalue weighted by atomic mass is 10.1. The number of piperidine rings is 1. The van der Waals surface area contributed by atoms with Crippen molar-refractivity contribution in [1.82, 2.24) is 20.0 Å². The van der Waals surface area contributed by atoms with Crippen LogP contribution in [0.5, 0.6) is 5.75 Å². The number of benzene rings is 1. The van der Waals surface area contributed by atoms with Crippen molar-refractivity contribution in [3.05, 3.63) is 47.8 Å². The van der Waals surface area contributed by atoms with Gasteiger partial charge >= 0.3 is 0 Å². The van der Waals surface area contributed by atoms with Crippen molar-refractivity contribution < 1.29 is 9.84 Å². The smallest absolute Gasteiger partial charge is 0.123 e. The molecule has 2 N–H and O–H groups in total. The quantitative estimate of drug-likeness (QED) is 0.671. The Morgan fingerprint density at radius 1 is 1.19 bits per heavy atom. The van der Waals surface area contributed by atoms with Crippen molar-refractivity contribution in [1.29, 1.82) is 0 Å². The number of aromatic nitrogens is 2. The van der Waals surface area contributed by atoms with E-state index < -0.39 is 6.10 Å². The third-order valence-corrected chi connectivity index (χ3v) is 4.98.